The SMILES string of the molecule is CCOCCOc1ccccc1C(=O)NNC(=O)C1CC(=O)N(Cc2ccco2)C1. The third kappa shape index (κ3) is 5.60. The lowest BCUT2D eigenvalue weighted by Crippen LogP contribution is -2.45. The van der Waals surface area contributed by atoms with Gasteiger partial charge in [-0.25, -0.2) is 0 Å². The van der Waals surface area contributed by atoms with Gasteiger partial charge in [-0.05, 0) is 31.2 Å². The summed E-state index contributed by atoms with van der Waals surface area (Å²) in [7, 11) is 0. The maximum atomic E-state index is 12.5. The van der Waals surface area contributed by atoms with E-state index in [1.165, 1.54) is 6.26 Å². The number of amides is 3. The normalized spacial score (nSPS) is 15.8. The molecule has 2 heterocycles. The van der Waals surface area contributed by atoms with Crippen LogP contribution in [0.4, 0.5) is 0 Å². The van der Waals surface area contributed by atoms with Gasteiger partial charge in [-0.2, -0.15) is 0 Å². The van der Waals surface area contributed by atoms with Crippen LogP contribution >= 0.6 is 0 Å². The highest BCUT2D eigenvalue weighted by Crippen LogP contribution is 2.21. The van der Waals surface area contributed by atoms with Gasteiger partial charge in [0.15, 0.2) is 0 Å². The minimum atomic E-state index is -0.551. The van der Waals surface area contributed by atoms with Crippen LogP contribution in [0.5, 0.6) is 5.75 Å². The van der Waals surface area contributed by atoms with Crippen LogP contribution < -0.4 is 15.6 Å². The van der Waals surface area contributed by atoms with Gasteiger partial charge in [0.2, 0.25) is 11.8 Å². The topological polar surface area (TPSA) is 110 Å². The molecule has 0 aliphatic carbocycles. The lowest BCUT2D eigenvalue weighted by atomic mass is 10.1. The van der Waals surface area contributed by atoms with Gasteiger partial charge in [0.05, 0.1) is 30.9 Å². The van der Waals surface area contributed by atoms with E-state index in [0.29, 0.717) is 37.9 Å². The third-order valence-electron chi connectivity index (χ3n) is 4.63. The molecule has 9 heteroatoms. The molecule has 0 saturated carbocycles. The largest absolute Gasteiger partial charge is 0.490 e. The number of benzene rings is 1. The van der Waals surface area contributed by atoms with Crippen LogP contribution in [0.2, 0.25) is 0 Å². The Morgan fingerprint density at radius 3 is 2.77 bits per heavy atom. The summed E-state index contributed by atoms with van der Waals surface area (Å²) in [6, 6.07) is 10.2. The van der Waals surface area contributed by atoms with Crippen LogP contribution in [0.25, 0.3) is 0 Å². The summed E-state index contributed by atoms with van der Waals surface area (Å²) in [6.07, 6.45) is 1.62. The lowest BCUT2D eigenvalue weighted by Gasteiger charge is -2.16. The van der Waals surface area contributed by atoms with E-state index >= 15 is 0 Å². The van der Waals surface area contributed by atoms with Crippen molar-refractivity contribution < 1.29 is 28.3 Å². The highest BCUT2D eigenvalue weighted by molar-refractivity contribution is 5.98. The highest BCUT2D eigenvalue weighted by atomic mass is 16.5. The number of ether oxygens (including phenoxy) is 2. The molecule has 1 aliphatic rings. The van der Waals surface area contributed by atoms with Crippen LogP contribution in [-0.4, -0.2) is 49.0 Å². The molecule has 3 amide bonds. The second-order valence-electron chi connectivity index (χ2n) is 6.74. The van der Waals surface area contributed by atoms with Gasteiger partial charge in [-0.1, -0.05) is 12.1 Å². The summed E-state index contributed by atoms with van der Waals surface area (Å²) in [6.45, 7) is 3.76. The summed E-state index contributed by atoms with van der Waals surface area (Å²) in [4.78, 5) is 38.6. The minimum absolute atomic E-state index is 0.0829. The number of carbonyl (C=O) groups excluding carboxylic acids is 3. The zero-order chi connectivity index (χ0) is 21.3. The lowest BCUT2D eigenvalue weighted by molar-refractivity contribution is -0.129. The molecule has 3 rings (SSSR count). The van der Waals surface area contributed by atoms with Crippen molar-refractivity contribution in [1.82, 2.24) is 15.8 Å². The molecule has 2 N–H and O–H groups in total. The molecule has 1 aromatic carbocycles. The van der Waals surface area contributed by atoms with Crippen molar-refractivity contribution >= 4 is 17.7 Å². The van der Waals surface area contributed by atoms with Crippen molar-refractivity contribution in [1.29, 1.82) is 0 Å². The summed E-state index contributed by atoms with van der Waals surface area (Å²) < 4.78 is 16.1. The van der Waals surface area contributed by atoms with Gasteiger partial charge in [-0.15, -0.1) is 0 Å². The van der Waals surface area contributed by atoms with Crippen LogP contribution in [0, 0.1) is 5.92 Å². The highest BCUT2D eigenvalue weighted by Gasteiger charge is 2.34. The van der Waals surface area contributed by atoms with Crippen LogP contribution in [0.15, 0.2) is 47.1 Å². The molecule has 1 aliphatic heterocycles. The van der Waals surface area contributed by atoms with Gasteiger partial charge < -0.3 is 18.8 Å². The summed E-state index contributed by atoms with van der Waals surface area (Å²) in [5.74, 6) is -0.569. The monoisotopic (exact) mass is 415 g/mol. The van der Waals surface area contributed by atoms with E-state index in [1.54, 1.807) is 41.3 Å². The maximum Gasteiger partial charge on any atom is 0.273 e. The van der Waals surface area contributed by atoms with Crippen molar-refractivity contribution in [3.63, 3.8) is 0 Å². The summed E-state index contributed by atoms with van der Waals surface area (Å²) in [5.41, 5.74) is 5.09. The number of nitrogens with zero attached hydrogens (tertiary/aromatic N) is 1. The Morgan fingerprint density at radius 2 is 2.00 bits per heavy atom. The number of rotatable bonds is 9. The van der Waals surface area contributed by atoms with E-state index in [2.05, 4.69) is 10.9 Å². The molecular formula is C21H25N3O6. The van der Waals surface area contributed by atoms with E-state index in [4.69, 9.17) is 13.9 Å². The van der Waals surface area contributed by atoms with Gasteiger partial charge in [0.1, 0.15) is 18.1 Å². The molecule has 9 nitrogen and oxygen atoms in total. The Morgan fingerprint density at radius 1 is 1.17 bits per heavy atom. The number of furan rings is 1. The first-order valence-electron chi connectivity index (χ1n) is 9.78. The quantitative estimate of drug-likeness (QED) is 0.475. The molecule has 1 unspecified atom stereocenters. The van der Waals surface area contributed by atoms with Gasteiger partial charge in [-0.3, -0.25) is 25.2 Å². The second-order valence-corrected chi connectivity index (χ2v) is 6.74. The molecule has 30 heavy (non-hydrogen) atoms. The van der Waals surface area contributed by atoms with E-state index in [9.17, 15) is 14.4 Å². The van der Waals surface area contributed by atoms with Crippen molar-refractivity contribution in [3.8, 4) is 5.75 Å². The average Bonchev–Trinajstić information content (AvgIpc) is 3.40. The Bertz CT molecular complexity index is 867. The molecule has 1 fully saturated rings. The van der Waals surface area contributed by atoms with Crippen molar-refractivity contribution in [2.75, 3.05) is 26.4 Å². The van der Waals surface area contributed by atoms with Crippen LogP contribution in [0.3, 0.4) is 0 Å². The Balaban J connectivity index is 1.50. The predicted octanol–water partition coefficient (Wildman–Crippen LogP) is 1.50. The number of carbonyl (C=O) groups is 3. The van der Waals surface area contributed by atoms with E-state index in [-0.39, 0.29) is 24.4 Å². The Labute approximate surface area is 174 Å². The van der Waals surface area contributed by atoms with E-state index in [0.717, 1.165) is 0 Å². The Hall–Kier alpha value is -3.33. The fourth-order valence-electron chi connectivity index (χ4n) is 3.11. The van der Waals surface area contributed by atoms with Crippen molar-refractivity contribution in [3.05, 3.63) is 54.0 Å². The first-order valence-corrected chi connectivity index (χ1v) is 9.78. The molecule has 0 radical (unpaired) electrons. The van der Waals surface area contributed by atoms with Crippen molar-refractivity contribution in [2.24, 2.45) is 5.92 Å². The first-order chi connectivity index (χ1) is 14.6. The zero-order valence-corrected chi connectivity index (χ0v) is 16.8. The molecule has 2 aromatic rings. The smallest absolute Gasteiger partial charge is 0.273 e. The Kier molecular flexibility index (Phi) is 7.45. The fraction of sp³-hybridized carbons (Fsp3) is 0.381. The van der Waals surface area contributed by atoms with Gasteiger partial charge >= 0.3 is 0 Å². The molecule has 0 bridgehead atoms. The van der Waals surface area contributed by atoms with Crippen molar-refractivity contribution in [2.45, 2.75) is 19.9 Å². The second kappa shape index (κ2) is 10.4. The average molecular weight is 415 g/mol. The molecule has 1 aromatic heterocycles. The fourth-order valence-corrected chi connectivity index (χ4v) is 3.11. The third-order valence-corrected chi connectivity index (χ3v) is 4.63. The summed E-state index contributed by atoms with van der Waals surface area (Å²) >= 11 is 0. The number of hydrogen-bond donors (Lipinski definition) is 2. The van der Waals surface area contributed by atoms with E-state index < -0.39 is 17.7 Å². The standard InChI is InChI=1S/C21H25N3O6/c1-2-28-10-11-30-18-8-4-3-7-17(18)21(27)23-22-20(26)15-12-19(25)24(13-15)14-16-6-5-9-29-16/h3-9,15H,2,10-14H2,1H3,(H,22,26)(H,23,27). The number of para-hydroxylation sites is 1. The van der Waals surface area contributed by atoms with E-state index in [1.807, 2.05) is 6.92 Å². The van der Waals surface area contributed by atoms with Crippen LogP contribution in [-0.2, 0) is 20.9 Å². The maximum absolute atomic E-state index is 12.5. The van der Waals surface area contributed by atoms with Crippen LogP contribution in [0.1, 0.15) is 29.5 Å². The number of hydrogen-bond acceptors (Lipinski definition) is 6. The predicted molar refractivity (Wildman–Crippen MR) is 106 cm³/mol. The molecule has 1 saturated heterocycles. The number of nitrogens with one attached hydrogen (secondary N) is 2. The molecule has 0 spiro atoms. The number of hydrazine groups is 1. The number of likely N-dealkylation sites (tertiary alicyclic amines) is 1. The molecule has 1 atom stereocenters. The summed E-state index contributed by atoms with van der Waals surface area (Å²) in [5, 5.41) is 0. The first kappa shape index (κ1) is 21.4. The minimum Gasteiger partial charge on any atom is -0.490 e. The zero-order valence-electron chi connectivity index (χ0n) is 16.8. The van der Waals surface area contributed by atoms with Gasteiger partial charge in [0.25, 0.3) is 5.91 Å². The van der Waals surface area contributed by atoms with Gasteiger partial charge in [0, 0.05) is 19.6 Å². The molecule has 160 valence electrons. The molecular weight excluding hydrogens is 390 g/mol.